The minimum atomic E-state index is -0.839. The highest BCUT2D eigenvalue weighted by molar-refractivity contribution is 5.98. The van der Waals surface area contributed by atoms with E-state index in [0.717, 1.165) is 37.9 Å². The van der Waals surface area contributed by atoms with Crippen molar-refractivity contribution in [3.8, 4) is 6.07 Å². The Hall–Kier alpha value is -2.58. The van der Waals surface area contributed by atoms with Crippen molar-refractivity contribution in [2.45, 2.75) is 50.7 Å². The van der Waals surface area contributed by atoms with Crippen LogP contribution in [0.4, 0.5) is 8.78 Å². The standard InChI is InChI=1S/C23H22F2N2O/c24-21-12-20(22(25)11-17(21)13-26)23(28)16-9-18-7-4-8-19(10-16)27(18)14-15-5-2-1-3-6-15/h1-3,5-6,11-12,16,18-19H,4,7-10,14H2. The van der Waals surface area contributed by atoms with Gasteiger partial charge in [0.15, 0.2) is 5.78 Å². The van der Waals surface area contributed by atoms with E-state index in [1.54, 1.807) is 6.07 Å². The maximum Gasteiger partial charge on any atom is 0.169 e. The first-order valence-electron chi connectivity index (χ1n) is 9.80. The van der Waals surface area contributed by atoms with Crippen LogP contribution < -0.4 is 0 Å². The highest BCUT2D eigenvalue weighted by Gasteiger charge is 2.41. The summed E-state index contributed by atoms with van der Waals surface area (Å²) in [4.78, 5) is 15.4. The zero-order valence-corrected chi connectivity index (χ0v) is 15.6. The molecular weight excluding hydrogens is 358 g/mol. The van der Waals surface area contributed by atoms with Crippen LogP contribution in [-0.2, 0) is 6.54 Å². The third-order valence-corrected chi connectivity index (χ3v) is 6.15. The third-order valence-electron chi connectivity index (χ3n) is 6.15. The summed E-state index contributed by atoms with van der Waals surface area (Å²) >= 11 is 0. The quantitative estimate of drug-likeness (QED) is 0.712. The third kappa shape index (κ3) is 3.57. The van der Waals surface area contributed by atoms with E-state index in [2.05, 4.69) is 17.0 Å². The van der Waals surface area contributed by atoms with E-state index in [-0.39, 0.29) is 34.9 Å². The Bertz CT molecular complexity index is 908. The van der Waals surface area contributed by atoms with Crippen molar-refractivity contribution in [2.75, 3.05) is 0 Å². The molecule has 0 spiro atoms. The first-order valence-corrected chi connectivity index (χ1v) is 9.80. The fraction of sp³-hybridized carbons (Fsp3) is 0.391. The molecule has 0 aromatic heterocycles. The van der Waals surface area contributed by atoms with Crippen molar-refractivity contribution in [3.05, 3.63) is 70.8 Å². The van der Waals surface area contributed by atoms with Crippen LogP contribution in [-0.4, -0.2) is 22.8 Å². The smallest absolute Gasteiger partial charge is 0.169 e. The molecule has 2 saturated heterocycles. The minimum Gasteiger partial charge on any atom is -0.294 e. The number of carbonyl (C=O) groups excluding carboxylic acids is 1. The first-order chi connectivity index (χ1) is 13.6. The number of rotatable bonds is 4. The van der Waals surface area contributed by atoms with Gasteiger partial charge in [0.2, 0.25) is 0 Å². The number of ketones is 1. The number of carbonyl (C=O) groups is 1. The molecule has 2 bridgehead atoms. The van der Waals surface area contributed by atoms with E-state index in [1.807, 2.05) is 18.2 Å². The number of hydrogen-bond donors (Lipinski definition) is 0. The Morgan fingerprint density at radius 3 is 2.39 bits per heavy atom. The number of benzene rings is 2. The van der Waals surface area contributed by atoms with Gasteiger partial charge in [0.1, 0.15) is 17.7 Å². The Morgan fingerprint density at radius 1 is 1.07 bits per heavy atom. The number of nitrogens with zero attached hydrogens (tertiary/aromatic N) is 2. The zero-order valence-electron chi connectivity index (χ0n) is 15.6. The van der Waals surface area contributed by atoms with E-state index < -0.39 is 11.6 Å². The molecule has 28 heavy (non-hydrogen) atoms. The van der Waals surface area contributed by atoms with Crippen LogP contribution in [0.5, 0.6) is 0 Å². The van der Waals surface area contributed by atoms with Crippen LogP contribution in [0.3, 0.4) is 0 Å². The second kappa shape index (κ2) is 7.81. The summed E-state index contributed by atoms with van der Waals surface area (Å²) in [6, 6.07) is 14.2. The van der Waals surface area contributed by atoms with E-state index >= 15 is 0 Å². The Labute approximate surface area is 163 Å². The molecule has 2 aromatic carbocycles. The van der Waals surface area contributed by atoms with Crippen LogP contribution >= 0.6 is 0 Å². The highest BCUT2D eigenvalue weighted by atomic mass is 19.1. The van der Waals surface area contributed by atoms with Crippen LogP contribution in [0.2, 0.25) is 0 Å². The lowest BCUT2D eigenvalue weighted by Crippen LogP contribution is -2.52. The normalized spacial score (nSPS) is 24.5. The van der Waals surface area contributed by atoms with E-state index in [4.69, 9.17) is 5.26 Å². The molecule has 0 amide bonds. The van der Waals surface area contributed by atoms with Crippen molar-refractivity contribution in [2.24, 2.45) is 5.92 Å². The van der Waals surface area contributed by atoms with Crippen LogP contribution in [0.25, 0.3) is 0 Å². The van der Waals surface area contributed by atoms with Crippen LogP contribution in [0.1, 0.15) is 53.6 Å². The van der Waals surface area contributed by atoms with Gasteiger partial charge in [-0.05, 0) is 43.4 Å². The van der Waals surface area contributed by atoms with Crippen molar-refractivity contribution in [1.82, 2.24) is 4.90 Å². The van der Waals surface area contributed by atoms with Crippen molar-refractivity contribution >= 4 is 5.78 Å². The van der Waals surface area contributed by atoms with Gasteiger partial charge < -0.3 is 0 Å². The Kier molecular flexibility index (Phi) is 5.23. The predicted octanol–water partition coefficient (Wildman–Crippen LogP) is 4.85. The molecule has 2 aliphatic rings. The first kappa shape index (κ1) is 18.8. The lowest BCUT2D eigenvalue weighted by molar-refractivity contribution is 0.00894. The molecule has 2 aliphatic heterocycles. The number of piperidine rings is 2. The molecule has 0 aliphatic carbocycles. The fourth-order valence-corrected chi connectivity index (χ4v) is 4.79. The average molecular weight is 380 g/mol. The SMILES string of the molecule is N#Cc1cc(F)c(C(=O)C2CC3CCCC(C2)N3Cc2ccccc2)cc1F. The molecule has 2 heterocycles. The number of Topliss-reactive ketones (excluding diaryl/α,β-unsaturated/α-hetero) is 1. The van der Waals surface area contributed by atoms with Gasteiger partial charge in [-0.3, -0.25) is 9.69 Å². The number of hydrogen-bond acceptors (Lipinski definition) is 3. The van der Waals surface area contributed by atoms with Gasteiger partial charge in [0.25, 0.3) is 0 Å². The summed E-state index contributed by atoms with van der Waals surface area (Å²) in [7, 11) is 0. The molecule has 2 unspecified atom stereocenters. The van der Waals surface area contributed by atoms with Crippen molar-refractivity contribution < 1.29 is 13.6 Å². The van der Waals surface area contributed by atoms with Crippen LogP contribution in [0.15, 0.2) is 42.5 Å². The minimum absolute atomic E-state index is 0.226. The molecule has 144 valence electrons. The molecule has 2 aromatic rings. The van der Waals surface area contributed by atoms with E-state index in [9.17, 15) is 13.6 Å². The van der Waals surface area contributed by atoms with Crippen molar-refractivity contribution in [1.29, 1.82) is 5.26 Å². The zero-order chi connectivity index (χ0) is 19.7. The predicted molar refractivity (Wildman–Crippen MR) is 102 cm³/mol. The average Bonchev–Trinajstić information content (AvgIpc) is 2.69. The highest BCUT2D eigenvalue weighted by Crippen LogP contribution is 2.39. The number of nitriles is 1. The summed E-state index contributed by atoms with van der Waals surface area (Å²) in [5.74, 6) is -2.28. The topological polar surface area (TPSA) is 44.1 Å². The number of fused-ring (bicyclic) bond motifs is 2. The summed E-state index contributed by atoms with van der Waals surface area (Å²) < 4.78 is 28.3. The van der Waals surface area contributed by atoms with E-state index in [0.29, 0.717) is 12.8 Å². The van der Waals surface area contributed by atoms with Gasteiger partial charge in [-0.2, -0.15) is 5.26 Å². The lowest BCUT2D eigenvalue weighted by atomic mass is 9.75. The largest absolute Gasteiger partial charge is 0.294 e. The van der Waals surface area contributed by atoms with Gasteiger partial charge in [0.05, 0.1) is 11.1 Å². The van der Waals surface area contributed by atoms with Gasteiger partial charge in [0, 0.05) is 24.5 Å². The van der Waals surface area contributed by atoms with Crippen molar-refractivity contribution in [3.63, 3.8) is 0 Å². The van der Waals surface area contributed by atoms with Gasteiger partial charge >= 0.3 is 0 Å². The second-order valence-electron chi connectivity index (χ2n) is 7.85. The molecule has 3 nitrogen and oxygen atoms in total. The molecule has 2 atom stereocenters. The number of halogens is 2. The van der Waals surface area contributed by atoms with Gasteiger partial charge in [-0.15, -0.1) is 0 Å². The maximum atomic E-state index is 14.3. The maximum absolute atomic E-state index is 14.3. The molecule has 2 fully saturated rings. The second-order valence-corrected chi connectivity index (χ2v) is 7.85. The van der Waals surface area contributed by atoms with Gasteiger partial charge in [-0.25, -0.2) is 8.78 Å². The van der Waals surface area contributed by atoms with Gasteiger partial charge in [-0.1, -0.05) is 36.8 Å². The summed E-state index contributed by atoms with van der Waals surface area (Å²) in [6.07, 6.45) is 4.53. The molecule has 0 saturated carbocycles. The Balaban J connectivity index is 1.53. The molecular formula is C23H22F2N2O. The summed E-state index contributed by atoms with van der Waals surface area (Å²) in [6.45, 7) is 0.858. The monoisotopic (exact) mass is 380 g/mol. The fourth-order valence-electron chi connectivity index (χ4n) is 4.79. The van der Waals surface area contributed by atoms with Crippen LogP contribution in [0, 0.1) is 28.9 Å². The molecule has 4 rings (SSSR count). The molecule has 5 heteroatoms. The summed E-state index contributed by atoms with van der Waals surface area (Å²) in [5.41, 5.74) is 0.657. The Morgan fingerprint density at radius 2 is 1.75 bits per heavy atom. The summed E-state index contributed by atoms with van der Waals surface area (Å²) in [5, 5.41) is 8.83. The lowest BCUT2D eigenvalue weighted by Gasteiger charge is -2.48. The van der Waals surface area contributed by atoms with E-state index in [1.165, 1.54) is 5.56 Å². The molecule has 0 N–H and O–H groups in total. The molecule has 0 radical (unpaired) electrons.